The van der Waals surface area contributed by atoms with Gasteiger partial charge in [0.2, 0.25) is 0 Å². The zero-order chi connectivity index (χ0) is 9.12. The minimum Gasteiger partial charge on any atom is -0.236 e. The van der Waals surface area contributed by atoms with E-state index >= 15 is 0 Å². The van der Waals surface area contributed by atoms with Crippen LogP contribution in [0.25, 0.3) is 0 Å². The molecule has 0 aromatic heterocycles. The third kappa shape index (κ3) is 6.36. The molecule has 0 N–H and O–H groups in total. The maximum atomic E-state index is 4.54. The predicted octanol–water partition coefficient (Wildman–Crippen LogP) is 2.83. The van der Waals surface area contributed by atoms with Gasteiger partial charge in [-0.1, -0.05) is 27.7 Å². The van der Waals surface area contributed by atoms with Crippen molar-refractivity contribution in [3.05, 3.63) is 0 Å². The van der Waals surface area contributed by atoms with E-state index in [0.29, 0.717) is 5.41 Å². The highest BCUT2D eigenvalue weighted by Crippen LogP contribution is 2.27. The second kappa shape index (κ2) is 3.57. The lowest BCUT2D eigenvalue weighted by atomic mass is 9.82. The fourth-order valence-electron chi connectivity index (χ4n) is 1.78. The molecule has 0 aliphatic heterocycles. The lowest BCUT2D eigenvalue weighted by molar-refractivity contribution is 0.241. The van der Waals surface area contributed by atoms with Crippen LogP contribution in [0.1, 0.15) is 48.0 Å². The van der Waals surface area contributed by atoms with E-state index in [4.69, 9.17) is 0 Å². The maximum absolute atomic E-state index is 4.54. The van der Waals surface area contributed by atoms with E-state index in [1.807, 2.05) is 0 Å². The van der Waals surface area contributed by atoms with Crippen molar-refractivity contribution >= 4 is 0 Å². The first-order valence-electron chi connectivity index (χ1n) is 4.45. The van der Waals surface area contributed by atoms with Crippen molar-refractivity contribution in [1.82, 2.24) is 5.32 Å². The Morgan fingerprint density at radius 3 is 1.73 bits per heavy atom. The molecule has 1 radical (unpaired) electrons. The Bertz CT molecular complexity index is 109. The molecule has 67 valence electrons. The molecule has 0 fully saturated rings. The van der Waals surface area contributed by atoms with Gasteiger partial charge in [0.15, 0.2) is 0 Å². The lowest BCUT2D eigenvalue weighted by Crippen LogP contribution is -2.36. The lowest BCUT2D eigenvalue weighted by Gasteiger charge is -2.31. The van der Waals surface area contributed by atoms with Gasteiger partial charge >= 0.3 is 0 Å². The van der Waals surface area contributed by atoms with Crippen LogP contribution in [0.4, 0.5) is 0 Å². The van der Waals surface area contributed by atoms with Crippen LogP contribution in [-0.2, 0) is 0 Å². The van der Waals surface area contributed by atoms with Crippen molar-refractivity contribution in [2.45, 2.75) is 53.5 Å². The molecule has 1 nitrogen and oxygen atoms in total. The summed E-state index contributed by atoms with van der Waals surface area (Å²) in [6, 6.07) is 0. The molecule has 0 saturated carbocycles. The van der Waals surface area contributed by atoms with E-state index in [-0.39, 0.29) is 5.54 Å². The van der Waals surface area contributed by atoms with Crippen molar-refractivity contribution in [1.29, 1.82) is 0 Å². The Morgan fingerprint density at radius 1 is 1.00 bits per heavy atom. The fraction of sp³-hybridized carbons (Fsp3) is 1.00. The van der Waals surface area contributed by atoms with Crippen LogP contribution in [0.15, 0.2) is 0 Å². The maximum Gasteiger partial charge on any atom is 0.0305 e. The molecule has 0 heterocycles. The minimum atomic E-state index is 0.160. The molecule has 0 aromatic rings. The second-order valence-electron chi connectivity index (χ2n) is 5.02. The topological polar surface area (TPSA) is 14.1 Å². The molecule has 0 spiro atoms. The summed E-state index contributed by atoms with van der Waals surface area (Å²) in [7, 11) is 0. The molecule has 0 aromatic carbocycles. The molecule has 0 unspecified atom stereocenters. The second-order valence-corrected chi connectivity index (χ2v) is 5.02. The molecule has 0 bridgehead atoms. The first-order chi connectivity index (χ1) is 4.77. The molecule has 0 aliphatic carbocycles. The Balaban J connectivity index is 3.91. The van der Waals surface area contributed by atoms with E-state index in [0.717, 1.165) is 13.0 Å². The highest BCUT2D eigenvalue weighted by molar-refractivity contribution is 4.82. The fourth-order valence-corrected chi connectivity index (χ4v) is 1.78. The Morgan fingerprint density at radius 2 is 1.45 bits per heavy atom. The molecule has 0 rings (SSSR count). The van der Waals surface area contributed by atoms with Gasteiger partial charge in [-0.2, -0.15) is 0 Å². The largest absolute Gasteiger partial charge is 0.236 e. The number of nitrogens with zero attached hydrogens (tertiary/aromatic N) is 1. The van der Waals surface area contributed by atoms with Gasteiger partial charge in [-0.05, 0) is 25.7 Å². The van der Waals surface area contributed by atoms with Gasteiger partial charge in [0, 0.05) is 12.1 Å². The minimum absolute atomic E-state index is 0.160. The standard InChI is InChI=1S/C10H22N/c1-7-11-10(5,6)8-9(2,3)4/h7-8H2,1-6H3. The van der Waals surface area contributed by atoms with Crippen LogP contribution < -0.4 is 5.32 Å². The zero-order valence-corrected chi connectivity index (χ0v) is 8.86. The third-order valence-corrected chi connectivity index (χ3v) is 1.55. The van der Waals surface area contributed by atoms with Gasteiger partial charge in [0.1, 0.15) is 0 Å². The quantitative estimate of drug-likeness (QED) is 0.596. The zero-order valence-electron chi connectivity index (χ0n) is 8.86. The number of rotatable bonds is 3. The molecule has 11 heavy (non-hydrogen) atoms. The average molecular weight is 156 g/mol. The summed E-state index contributed by atoms with van der Waals surface area (Å²) in [6.45, 7) is 14.2. The van der Waals surface area contributed by atoms with Gasteiger partial charge < -0.3 is 0 Å². The Labute approximate surface area is 71.6 Å². The summed E-state index contributed by atoms with van der Waals surface area (Å²) in [5.41, 5.74) is 0.551. The number of hydrogen-bond donors (Lipinski definition) is 0. The van der Waals surface area contributed by atoms with Gasteiger partial charge in [0.05, 0.1) is 0 Å². The Hall–Kier alpha value is -0.0400. The van der Waals surface area contributed by atoms with E-state index < -0.39 is 0 Å². The highest BCUT2D eigenvalue weighted by atomic mass is 14.9. The van der Waals surface area contributed by atoms with Gasteiger partial charge in [0.25, 0.3) is 0 Å². The van der Waals surface area contributed by atoms with Gasteiger partial charge in [-0.3, -0.25) is 0 Å². The van der Waals surface area contributed by atoms with E-state index in [1.54, 1.807) is 0 Å². The van der Waals surface area contributed by atoms with Crippen LogP contribution in [0.5, 0.6) is 0 Å². The van der Waals surface area contributed by atoms with Gasteiger partial charge in [-0.25, -0.2) is 5.32 Å². The van der Waals surface area contributed by atoms with E-state index in [2.05, 4.69) is 46.9 Å². The predicted molar refractivity (Wildman–Crippen MR) is 50.8 cm³/mol. The Kier molecular flexibility index (Phi) is 3.56. The van der Waals surface area contributed by atoms with Crippen molar-refractivity contribution in [3.8, 4) is 0 Å². The summed E-state index contributed by atoms with van der Waals surface area (Å²) < 4.78 is 0. The smallest absolute Gasteiger partial charge is 0.0305 e. The molecule has 0 aliphatic rings. The number of hydrogen-bond acceptors (Lipinski definition) is 0. The molecular weight excluding hydrogens is 134 g/mol. The average Bonchev–Trinajstić information content (AvgIpc) is 1.55. The van der Waals surface area contributed by atoms with E-state index in [1.165, 1.54) is 0 Å². The first-order valence-corrected chi connectivity index (χ1v) is 4.45. The normalized spacial score (nSPS) is 13.6. The molecule has 1 heteroatoms. The SMILES string of the molecule is CC[N]C(C)(C)CC(C)(C)C. The van der Waals surface area contributed by atoms with Gasteiger partial charge in [-0.15, -0.1) is 0 Å². The third-order valence-electron chi connectivity index (χ3n) is 1.55. The van der Waals surface area contributed by atoms with Crippen molar-refractivity contribution in [2.24, 2.45) is 5.41 Å². The van der Waals surface area contributed by atoms with Crippen LogP contribution in [0.3, 0.4) is 0 Å². The summed E-state index contributed by atoms with van der Waals surface area (Å²) in [4.78, 5) is 0. The molecule has 0 saturated heterocycles. The van der Waals surface area contributed by atoms with Crippen molar-refractivity contribution in [2.75, 3.05) is 6.54 Å². The summed E-state index contributed by atoms with van der Waals surface area (Å²) in [5, 5.41) is 4.54. The van der Waals surface area contributed by atoms with E-state index in [9.17, 15) is 0 Å². The van der Waals surface area contributed by atoms with Crippen LogP contribution in [0.2, 0.25) is 0 Å². The monoisotopic (exact) mass is 156 g/mol. The van der Waals surface area contributed by atoms with Crippen molar-refractivity contribution in [3.63, 3.8) is 0 Å². The highest BCUT2D eigenvalue weighted by Gasteiger charge is 2.24. The molecule has 0 amide bonds. The van der Waals surface area contributed by atoms with Crippen LogP contribution >= 0.6 is 0 Å². The first kappa shape index (κ1) is 11.0. The molecule has 0 atom stereocenters. The summed E-state index contributed by atoms with van der Waals surface area (Å²) in [6.07, 6.45) is 1.16. The summed E-state index contributed by atoms with van der Waals surface area (Å²) >= 11 is 0. The molecular formula is C10H22N. The van der Waals surface area contributed by atoms with Crippen LogP contribution in [0, 0.1) is 5.41 Å². The van der Waals surface area contributed by atoms with Crippen LogP contribution in [-0.4, -0.2) is 12.1 Å². The summed E-state index contributed by atoms with van der Waals surface area (Å²) in [5.74, 6) is 0. The van der Waals surface area contributed by atoms with Crippen molar-refractivity contribution < 1.29 is 0 Å².